The number of allylic oxidation sites excluding steroid dienone is 1. The van der Waals surface area contributed by atoms with Gasteiger partial charge in [-0.3, -0.25) is 4.90 Å². The monoisotopic (exact) mass is 279 g/mol. The van der Waals surface area contributed by atoms with Crippen molar-refractivity contribution in [2.24, 2.45) is 5.92 Å². The van der Waals surface area contributed by atoms with Crippen molar-refractivity contribution >= 4 is 0 Å². The molecule has 1 unspecified atom stereocenters. The SMILES string of the molecule is C=C(C)N1CCN(CC2CCN(C(C)C)CC2)C(C)C1. The molecule has 0 aromatic heterocycles. The summed E-state index contributed by atoms with van der Waals surface area (Å²) in [6.07, 6.45) is 2.76. The van der Waals surface area contributed by atoms with Crippen molar-refractivity contribution < 1.29 is 0 Å². The van der Waals surface area contributed by atoms with Crippen LogP contribution in [0.4, 0.5) is 0 Å². The summed E-state index contributed by atoms with van der Waals surface area (Å²) < 4.78 is 0. The number of likely N-dealkylation sites (tertiary alicyclic amines) is 1. The van der Waals surface area contributed by atoms with E-state index in [9.17, 15) is 0 Å². The first-order valence-corrected chi connectivity index (χ1v) is 8.36. The van der Waals surface area contributed by atoms with Gasteiger partial charge in [-0.25, -0.2) is 0 Å². The van der Waals surface area contributed by atoms with Crippen LogP contribution in [0.15, 0.2) is 12.3 Å². The van der Waals surface area contributed by atoms with E-state index in [2.05, 4.69) is 49.0 Å². The van der Waals surface area contributed by atoms with Gasteiger partial charge < -0.3 is 9.80 Å². The second-order valence-electron chi connectivity index (χ2n) is 7.10. The average molecular weight is 279 g/mol. The molecular formula is C17H33N3. The number of piperidine rings is 1. The maximum Gasteiger partial charge on any atom is 0.0328 e. The molecule has 2 saturated heterocycles. The molecule has 0 spiro atoms. The zero-order valence-electron chi connectivity index (χ0n) is 13.9. The van der Waals surface area contributed by atoms with Crippen LogP contribution in [0, 0.1) is 5.92 Å². The van der Waals surface area contributed by atoms with Crippen LogP contribution in [0.2, 0.25) is 0 Å². The van der Waals surface area contributed by atoms with Crippen LogP contribution in [0.25, 0.3) is 0 Å². The van der Waals surface area contributed by atoms with Crippen molar-refractivity contribution in [3.63, 3.8) is 0 Å². The number of nitrogens with zero attached hydrogens (tertiary/aromatic N) is 3. The van der Waals surface area contributed by atoms with Gasteiger partial charge in [0.2, 0.25) is 0 Å². The number of hydrogen-bond donors (Lipinski definition) is 0. The van der Waals surface area contributed by atoms with Crippen LogP contribution < -0.4 is 0 Å². The number of piperazine rings is 1. The van der Waals surface area contributed by atoms with E-state index >= 15 is 0 Å². The summed E-state index contributed by atoms with van der Waals surface area (Å²) >= 11 is 0. The largest absolute Gasteiger partial charge is 0.373 e. The quantitative estimate of drug-likeness (QED) is 0.783. The van der Waals surface area contributed by atoms with Gasteiger partial charge in [0.05, 0.1) is 0 Å². The van der Waals surface area contributed by atoms with E-state index in [1.165, 1.54) is 44.7 Å². The highest BCUT2D eigenvalue weighted by Gasteiger charge is 2.27. The molecular weight excluding hydrogens is 246 g/mol. The van der Waals surface area contributed by atoms with E-state index in [4.69, 9.17) is 0 Å². The third kappa shape index (κ3) is 3.98. The van der Waals surface area contributed by atoms with E-state index in [1.807, 2.05) is 0 Å². The van der Waals surface area contributed by atoms with E-state index in [0.29, 0.717) is 12.1 Å². The molecule has 0 bridgehead atoms. The molecule has 0 aromatic carbocycles. The van der Waals surface area contributed by atoms with Crippen LogP contribution in [0.3, 0.4) is 0 Å². The van der Waals surface area contributed by atoms with Gasteiger partial charge in [-0.2, -0.15) is 0 Å². The molecule has 2 aliphatic rings. The van der Waals surface area contributed by atoms with Crippen LogP contribution in [-0.4, -0.2) is 66.1 Å². The third-order valence-electron chi connectivity index (χ3n) is 5.18. The fourth-order valence-electron chi connectivity index (χ4n) is 3.60. The Kier molecular flexibility index (Phi) is 5.50. The summed E-state index contributed by atoms with van der Waals surface area (Å²) in [5.74, 6) is 0.906. The Balaban J connectivity index is 1.76. The predicted molar refractivity (Wildman–Crippen MR) is 86.9 cm³/mol. The number of hydrogen-bond acceptors (Lipinski definition) is 3. The van der Waals surface area contributed by atoms with Crippen LogP contribution in [0.1, 0.15) is 40.5 Å². The molecule has 0 amide bonds. The Labute approximate surface area is 125 Å². The molecule has 0 saturated carbocycles. The molecule has 0 aromatic rings. The Morgan fingerprint density at radius 2 is 1.80 bits per heavy atom. The fraction of sp³-hybridized carbons (Fsp3) is 0.882. The van der Waals surface area contributed by atoms with Gasteiger partial charge in [-0.1, -0.05) is 6.58 Å². The Morgan fingerprint density at radius 1 is 1.15 bits per heavy atom. The van der Waals surface area contributed by atoms with Gasteiger partial charge in [0.25, 0.3) is 0 Å². The second-order valence-corrected chi connectivity index (χ2v) is 7.10. The van der Waals surface area contributed by atoms with Gasteiger partial charge in [0.15, 0.2) is 0 Å². The summed E-state index contributed by atoms with van der Waals surface area (Å²) in [6, 6.07) is 1.39. The molecule has 20 heavy (non-hydrogen) atoms. The van der Waals surface area contributed by atoms with E-state index in [-0.39, 0.29) is 0 Å². The molecule has 0 aliphatic carbocycles. The minimum Gasteiger partial charge on any atom is -0.373 e. The van der Waals surface area contributed by atoms with E-state index in [0.717, 1.165) is 19.0 Å². The molecule has 2 rings (SSSR count). The minimum absolute atomic E-state index is 0.670. The first kappa shape index (κ1) is 15.8. The highest BCUT2D eigenvalue weighted by Crippen LogP contribution is 2.22. The maximum atomic E-state index is 4.08. The average Bonchev–Trinajstić information content (AvgIpc) is 2.41. The van der Waals surface area contributed by atoms with E-state index in [1.54, 1.807) is 0 Å². The normalized spacial score (nSPS) is 27.2. The van der Waals surface area contributed by atoms with Crippen LogP contribution in [-0.2, 0) is 0 Å². The van der Waals surface area contributed by atoms with Crippen LogP contribution in [0.5, 0.6) is 0 Å². The first-order valence-electron chi connectivity index (χ1n) is 8.36. The minimum atomic E-state index is 0.670. The molecule has 3 nitrogen and oxygen atoms in total. The van der Waals surface area contributed by atoms with Crippen molar-refractivity contribution in [2.75, 3.05) is 39.3 Å². The Morgan fingerprint density at radius 3 is 2.30 bits per heavy atom. The third-order valence-corrected chi connectivity index (χ3v) is 5.18. The summed E-state index contributed by atoms with van der Waals surface area (Å²) in [4.78, 5) is 7.76. The number of rotatable bonds is 4. The summed E-state index contributed by atoms with van der Waals surface area (Å²) in [5.41, 5.74) is 1.22. The van der Waals surface area contributed by atoms with E-state index < -0.39 is 0 Å². The second kappa shape index (κ2) is 6.95. The molecule has 0 radical (unpaired) electrons. The van der Waals surface area contributed by atoms with Crippen molar-refractivity contribution in [2.45, 2.75) is 52.6 Å². The lowest BCUT2D eigenvalue weighted by Gasteiger charge is -2.44. The summed E-state index contributed by atoms with van der Waals surface area (Å²) in [5, 5.41) is 0. The van der Waals surface area contributed by atoms with Gasteiger partial charge in [-0.15, -0.1) is 0 Å². The maximum absolute atomic E-state index is 4.08. The van der Waals surface area contributed by atoms with Gasteiger partial charge in [0, 0.05) is 44.0 Å². The van der Waals surface area contributed by atoms with Crippen molar-refractivity contribution in [3.05, 3.63) is 12.3 Å². The zero-order chi connectivity index (χ0) is 14.7. The van der Waals surface area contributed by atoms with Gasteiger partial charge >= 0.3 is 0 Å². The lowest BCUT2D eigenvalue weighted by molar-refractivity contribution is 0.0657. The van der Waals surface area contributed by atoms with Crippen molar-refractivity contribution in [1.29, 1.82) is 0 Å². The molecule has 1 atom stereocenters. The van der Waals surface area contributed by atoms with Gasteiger partial charge in [0.1, 0.15) is 0 Å². The predicted octanol–water partition coefficient (Wildman–Crippen LogP) is 2.65. The topological polar surface area (TPSA) is 9.72 Å². The lowest BCUT2D eigenvalue weighted by atomic mass is 9.94. The lowest BCUT2D eigenvalue weighted by Crippen LogP contribution is -2.53. The van der Waals surface area contributed by atoms with Crippen molar-refractivity contribution in [3.8, 4) is 0 Å². The molecule has 116 valence electrons. The Bertz CT molecular complexity index is 318. The summed E-state index contributed by atoms with van der Waals surface area (Å²) in [6.45, 7) is 20.6. The molecule has 2 fully saturated rings. The first-order chi connectivity index (χ1) is 9.47. The fourth-order valence-corrected chi connectivity index (χ4v) is 3.60. The smallest absolute Gasteiger partial charge is 0.0328 e. The van der Waals surface area contributed by atoms with Crippen molar-refractivity contribution in [1.82, 2.24) is 14.7 Å². The zero-order valence-corrected chi connectivity index (χ0v) is 13.9. The van der Waals surface area contributed by atoms with Gasteiger partial charge in [-0.05, 0) is 59.5 Å². The molecule has 0 N–H and O–H groups in total. The van der Waals surface area contributed by atoms with Crippen LogP contribution >= 0.6 is 0 Å². The molecule has 3 heteroatoms. The molecule has 2 heterocycles. The highest BCUT2D eigenvalue weighted by atomic mass is 15.3. The Hall–Kier alpha value is -0.540. The summed E-state index contributed by atoms with van der Waals surface area (Å²) in [7, 11) is 0. The molecule has 2 aliphatic heterocycles. The standard InChI is InChI=1S/C17H33N3/c1-14(2)18-8-6-17(7-9-18)13-20-11-10-19(15(3)4)12-16(20)5/h14,16-17H,3,6-13H2,1-2,4-5H3. The highest BCUT2D eigenvalue weighted by molar-refractivity contribution is 4.94.